The summed E-state index contributed by atoms with van der Waals surface area (Å²) >= 11 is 0. The van der Waals surface area contributed by atoms with Gasteiger partial charge >= 0.3 is 0 Å². The van der Waals surface area contributed by atoms with E-state index in [0.717, 1.165) is 0 Å². The van der Waals surface area contributed by atoms with E-state index in [9.17, 15) is 4.79 Å². The molecule has 0 spiro atoms. The lowest BCUT2D eigenvalue weighted by atomic mass is 10.0. The number of rotatable bonds is 1. The molecule has 3 nitrogen and oxygen atoms in total. The van der Waals surface area contributed by atoms with Crippen molar-refractivity contribution in [3.8, 4) is 6.07 Å². The first-order valence-corrected chi connectivity index (χ1v) is 4.55. The Kier molecular flexibility index (Phi) is 2.19. The van der Waals surface area contributed by atoms with Gasteiger partial charge in [-0.1, -0.05) is 18.2 Å². The molecule has 1 heterocycles. The van der Waals surface area contributed by atoms with Crippen molar-refractivity contribution in [2.75, 3.05) is 13.1 Å². The van der Waals surface area contributed by atoms with Crippen LogP contribution < -0.4 is 0 Å². The lowest BCUT2D eigenvalue weighted by Gasteiger charge is -2.35. The summed E-state index contributed by atoms with van der Waals surface area (Å²) in [5.41, 5.74) is 0.698. The average molecular weight is 186 g/mol. The van der Waals surface area contributed by atoms with Crippen LogP contribution in [0.5, 0.6) is 0 Å². The fourth-order valence-corrected chi connectivity index (χ4v) is 1.49. The minimum atomic E-state index is 0.0251. The second kappa shape index (κ2) is 3.51. The van der Waals surface area contributed by atoms with Crippen molar-refractivity contribution in [2.45, 2.75) is 0 Å². The summed E-state index contributed by atoms with van der Waals surface area (Å²) < 4.78 is 0. The van der Waals surface area contributed by atoms with E-state index in [-0.39, 0.29) is 11.8 Å². The van der Waals surface area contributed by atoms with E-state index >= 15 is 0 Å². The number of benzene rings is 1. The van der Waals surface area contributed by atoms with E-state index in [0.29, 0.717) is 18.7 Å². The fraction of sp³-hybridized carbons (Fsp3) is 0.273. The molecule has 0 saturated carbocycles. The third kappa shape index (κ3) is 1.47. The lowest BCUT2D eigenvalue weighted by Crippen LogP contribution is -2.49. The van der Waals surface area contributed by atoms with Crippen molar-refractivity contribution < 1.29 is 4.79 Å². The molecule has 0 unspecified atom stereocenters. The van der Waals surface area contributed by atoms with Crippen LogP contribution in [0.3, 0.4) is 0 Å². The summed E-state index contributed by atoms with van der Waals surface area (Å²) in [5.74, 6) is 0.0553. The second-order valence-electron chi connectivity index (χ2n) is 3.40. The second-order valence-corrected chi connectivity index (χ2v) is 3.40. The third-order valence-corrected chi connectivity index (χ3v) is 2.37. The topological polar surface area (TPSA) is 44.1 Å². The molecule has 14 heavy (non-hydrogen) atoms. The van der Waals surface area contributed by atoms with E-state index in [1.54, 1.807) is 17.0 Å². The van der Waals surface area contributed by atoms with E-state index < -0.39 is 0 Å². The first-order valence-electron chi connectivity index (χ1n) is 4.55. The van der Waals surface area contributed by atoms with Gasteiger partial charge in [-0.2, -0.15) is 5.26 Å². The maximum absolute atomic E-state index is 11.7. The number of nitrogens with zero attached hydrogens (tertiary/aromatic N) is 2. The number of likely N-dealkylation sites (tertiary alicyclic amines) is 1. The summed E-state index contributed by atoms with van der Waals surface area (Å²) in [6, 6.07) is 11.3. The van der Waals surface area contributed by atoms with Crippen LogP contribution in [0.25, 0.3) is 0 Å². The normalized spacial score (nSPS) is 15.8. The van der Waals surface area contributed by atoms with Crippen LogP contribution >= 0.6 is 0 Å². The molecule has 0 bridgehead atoms. The summed E-state index contributed by atoms with van der Waals surface area (Å²) in [6.07, 6.45) is 0. The number of carbonyl (C=O) groups is 1. The fourth-order valence-electron chi connectivity index (χ4n) is 1.49. The molecular formula is C11H10N2O. The average Bonchev–Trinajstić information content (AvgIpc) is 2.17. The predicted octanol–water partition coefficient (Wildman–Crippen LogP) is 1.28. The van der Waals surface area contributed by atoms with Gasteiger partial charge in [0.15, 0.2) is 0 Å². The molecule has 1 aliphatic heterocycles. The molecule has 1 fully saturated rings. The molecule has 2 rings (SSSR count). The highest BCUT2D eigenvalue weighted by molar-refractivity contribution is 5.94. The van der Waals surface area contributed by atoms with Gasteiger partial charge in [0.05, 0.1) is 12.0 Å². The van der Waals surface area contributed by atoms with Crippen LogP contribution in [0.1, 0.15) is 10.4 Å². The molecule has 0 radical (unpaired) electrons. The van der Waals surface area contributed by atoms with Crippen molar-refractivity contribution in [1.82, 2.24) is 4.90 Å². The molecule has 0 aliphatic carbocycles. The van der Waals surface area contributed by atoms with Crippen molar-refractivity contribution >= 4 is 5.91 Å². The first kappa shape index (κ1) is 8.76. The van der Waals surface area contributed by atoms with Gasteiger partial charge in [-0.05, 0) is 12.1 Å². The number of carbonyl (C=O) groups excluding carboxylic acids is 1. The van der Waals surface area contributed by atoms with Gasteiger partial charge in [-0.3, -0.25) is 4.79 Å². The van der Waals surface area contributed by atoms with Gasteiger partial charge in [0, 0.05) is 18.7 Å². The lowest BCUT2D eigenvalue weighted by molar-refractivity contribution is 0.0577. The van der Waals surface area contributed by atoms with Crippen LogP contribution in [-0.2, 0) is 0 Å². The van der Waals surface area contributed by atoms with Gasteiger partial charge in [-0.25, -0.2) is 0 Å². The van der Waals surface area contributed by atoms with E-state index in [4.69, 9.17) is 5.26 Å². The highest BCUT2D eigenvalue weighted by Gasteiger charge is 2.30. The minimum absolute atomic E-state index is 0.0251. The molecule has 1 aromatic rings. The zero-order valence-corrected chi connectivity index (χ0v) is 7.68. The number of hydrogen-bond acceptors (Lipinski definition) is 2. The molecule has 0 atom stereocenters. The maximum Gasteiger partial charge on any atom is 0.253 e. The standard InChI is InChI=1S/C11H10N2O/c12-6-9-7-13(8-9)11(14)10-4-2-1-3-5-10/h1-5,9H,7-8H2. The van der Waals surface area contributed by atoms with E-state index in [1.165, 1.54) is 0 Å². The molecular weight excluding hydrogens is 176 g/mol. The number of hydrogen-bond donors (Lipinski definition) is 0. The Morgan fingerprint density at radius 3 is 2.57 bits per heavy atom. The summed E-state index contributed by atoms with van der Waals surface area (Å²) in [4.78, 5) is 13.4. The Morgan fingerprint density at radius 1 is 1.36 bits per heavy atom. The van der Waals surface area contributed by atoms with Crippen LogP contribution in [-0.4, -0.2) is 23.9 Å². The predicted molar refractivity (Wildman–Crippen MR) is 51.4 cm³/mol. The third-order valence-electron chi connectivity index (χ3n) is 2.37. The molecule has 1 aromatic carbocycles. The summed E-state index contributed by atoms with van der Waals surface area (Å²) in [5, 5.41) is 8.57. The Balaban J connectivity index is 2.02. The Labute approximate surface area is 82.6 Å². The Bertz CT molecular complexity index is 374. The van der Waals surface area contributed by atoms with E-state index in [2.05, 4.69) is 6.07 Å². The van der Waals surface area contributed by atoms with Gasteiger partial charge in [0.2, 0.25) is 0 Å². The van der Waals surface area contributed by atoms with Crippen LogP contribution in [0.15, 0.2) is 30.3 Å². The maximum atomic E-state index is 11.7. The van der Waals surface area contributed by atoms with Crippen molar-refractivity contribution in [3.63, 3.8) is 0 Å². The number of amides is 1. The van der Waals surface area contributed by atoms with Crippen molar-refractivity contribution in [2.24, 2.45) is 5.92 Å². The molecule has 1 saturated heterocycles. The van der Waals surface area contributed by atoms with Gasteiger partial charge in [0.25, 0.3) is 5.91 Å². The van der Waals surface area contributed by atoms with Crippen LogP contribution in [0.2, 0.25) is 0 Å². The SMILES string of the molecule is N#CC1CN(C(=O)c2ccccc2)C1. The molecule has 3 heteroatoms. The van der Waals surface area contributed by atoms with Gasteiger partial charge < -0.3 is 4.90 Å². The van der Waals surface area contributed by atoms with Crippen LogP contribution in [0, 0.1) is 17.2 Å². The monoisotopic (exact) mass is 186 g/mol. The van der Waals surface area contributed by atoms with Gasteiger partial charge in [-0.15, -0.1) is 0 Å². The summed E-state index contributed by atoms with van der Waals surface area (Å²) in [6.45, 7) is 1.15. The first-order chi connectivity index (χ1) is 6.81. The molecule has 1 aliphatic rings. The molecule has 70 valence electrons. The highest BCUT2D eigenvalue weighted by Crippen LogP contribution is 2.17. The molecule has 0 N–H and O–H groups in total. The largest absolute Gasteiger partial charge is 0.336 e. The van der Waals surface area contributed by atoms with Crippen molar-refractivity contribution in [1.29, 1.82) is 5.26 Å². The summed E-state index contributed by atoms with van der Waals surface area (Å²) in [7, 11) is 0. The zero-order valence-electron chi connectivity index (χ0n) is 7.68. The van der Waals surface area contributed by atoms with Crippen LogP contribution in [0.4, 0.5) is 0 Å². The van der Waals surface area contributed by atoms with Crippen molar-refractivity contribution in [3.05, 3.63) is 35.9 Å². The number of nitriles is 1. The Hall–Kier alpha value is -1.82. The quantitative estimate of drug-likeness (QED) is 0.663. The van der Waals surface area contributed by atoms with E-state index in [1.807, 2.05) is 18.2 Å². The smallest absolute Gasteiger partial charge is 0.253 e. The molecule has 1 amide bonds. The molecule has 0 aromatic heterocycles. The minimum Gasteiger partial charge on any atom is -0.336 e. The Morgan fingerprint density at radius 2 is 2.00 bits per heavy atom. The zero-order chi connectivity index (χ0) is 9.97. The van der Waals surface area contributed by atoms with Gasteiger partial charge in [0.1, 0.15) is 0 Å². The highest BCUT2D eigenvalue weighted by atomic mass is 16.2.